The molecule has 0 unspecified atom stereocenters. The molecule has 0 radical (unpaired) electrons. The summed E-state index contributed by atoms with van der Waals surface area (Å²) in [6.45, 7) is 5.44. The zero-order valence-corrected chi connectivity index (χ0v) is 12.9. The molecule has 1 aromatic carbocycles. The van der Waals surface area contributed by atoms with Crippen LogP contribution in [0.4, 0.5) is 4.39 Å². The van der Waals surface area contributed by atoms with E-state index in [1.165, 1.54) is 16.4 Å². The summed E-state index contributed by atoms with van der Waals surface area (Å²) in [6, 6.07) is 4.29. The molecule has 0 saturated carbocycles. The summed E-state index contributed by atoms with van der Waals surface area (Å²) in [4.78, 5) is -0.227. The third kappa shape index (κ3) is 3.02. The molecule has 0 bridgehead atoms. The fourth-order valence-corrected chi connectivity index (χ4v) is 4.15. The van der Waals surface area contributed by atoms with Crippen LogP contribution in [0.2, 0.25) is 0 Å². The van der Waals surface area contributed by atoms with Gasteiger partial charge in [0.1, 0.15) is 10.7 Å². The first kappa shape index (κ1) is 15.4. The summed E-state index contributed by atoms with van der Waals surface area (Å²) in [7, 11) is -1.98. The molecule has 4 nitrogen and oxygen atoms in total. The van der Waals surface area contributed by atoms with Gasteiger partial charge in [-0.05, 0) is 36.6 Å². The van der Waals surface area contributed by atoms with Crippen LogP contribution >= 0.6 is 0 Å². The lowest BCUT2D eigenvalue weighted by Gasteiger charge is -2.20. The van der Waals surface area contributed by atoms with Crippen LogP contribution in [-0.2, 0) is 16.6 Å². The van der Waals surface area contributed by atoms with Gasteiger partial charge >= 0.3 is 0 Å². The molecule has 1 aliphatic heterocycles. The van der Waals surface area contributed by atoms with Crippen LogP contribution in [0.15, 0.2) is 23.1 Å². The molecule has 1 fully saturated rings. The highest BCUT2D eigenvalue weighted by atomic mass is 32.2. The summed E-state index contributed by atoms with van der Waals surface area (Å²) >= 11 is 0. The molecular formula is C14H21FN2O2S. The maximum absolute atomic E-state index is 14.1. The molecule has 20 heavy (non-hydrogen) atoms. The normalized spacial score (nSPS) is 19.4. The minimum Gasteiger partial charge on any atom is -0.316 e. The fourth-order valence-electron chi connectivity index (χ4n) is 2.47. The summed E-state index contributed by atoms with van der Waals surface area (Å²) in [5.41, 5.74) is 0.681. The topological polar surface area (TPSA) is 49.4 Å². The van der Waals surface area contributed by atoms with Gasteiger partial charge in [0.25, 0.3) is 0 Å². The van der Waals surface area contributed by atoms with Crippen molar-refractivity contribution in [3.05, 3.63) is 29.6 Å². The third-order valence-corrected chi connectivity index (χ3v) is 5.52. The standard InChI is InChI=1S/C14H21FN2O2S/c1-14(2)6-7-17(10-14)20(18,19)13-5-4-11(9-16-3)8-12(13)15/h4-5,8,16H,6-7,9-10H2,1-3H3. The van der Waals surface area contributed by atoms with Gasteiger partial charge in [-0.1, -0.05) is 19.9 Å². The number of sulfonamides is 1. The van der Waals surface area contributed by atoms with Crippen molar-refractivity contribution >= 4 is 10.0 Å². The molecule has 6 heteroatoms. The van der Waals surface area contributed by atoms with Crippen LogP contribution in [-0.4, -0.2) is 32.9 Å². The number of nitrogens with zero attached hydrogens (tertiary/aromatic N) is 1. The monoisotopic (exact) mass is 300 g/mol. The van der Waals surface area contributed by atoms with E-state index in [2.05, 4.69) is 5.32 Å². The van der Waals surface area contributed by atoms with Gasteiger partial charge in [-0.2, -0.15) is 4.31 Å². The van der Waals surface area contributed by atoms with Gasteiger partial charge in [0.2, 0.25) is 10.0 Å². The highest BCUT2D eigenvalue weighted by Crippen LogP contribution is 2.33. The van der Waals surface area contributed by atoms with Crippen LogP contribution in [0.1, 0.15) is 25.8 Å². The Morgan fingerprint density at radius 3 is 2.60 bits per heavy atom. The van der Waals surface area contributed by atoms with E-state index >= 15 is 0 Å². The number of hydrogen-bond acceptors (Lipinski definition) is 3. The Morgan fingerprint density at radius 2 is 2.10 bits per heavy atom. The average Bonchev–Trinajstić information content (AvgIpc) is 2.70. The van der Waals surface area contributed by atoms with Gasteiger partial charge in [0.05, 0.1) is 0 Å². The van der Waals surface area contributed by atoms with Crippen LogP contribution in [0.5, 0.6) is 0 Å². The zero-order valence-electron chi connectivity index (χ0n) is 12.1. The molecular weight excluding hydrogens is 279 g/mol. The van der Waals surface area contributed by atoms with Crippen molar-refractivity contribution in [1.29, 1.82) is 0 Å². The first-order valence-electron chi connectivity index (χ1n) is 6.69. The van der Waals surface area contributed by atoms with Crippen LogP contribution in [0, 0.1) is 11.2 Å². The highest BCUT2D eigenvalue weighted by Gasteiger charge is 2.37. The van der Waals surface area contributed by atoms with E-state index in [1.54, 1.807) is 13.1 Å². The van der Waals surface area contributed by atoms with E-state index in [0.29, 0.717) is 19.6 Å². The molecule has 0 aromatic heterocycles. The van der Waals surface area contributed by atoms with Crippen molar-refractivity contribution < 1.29 is 12.8 Å². The first-order chi connectivity index (χ1) is 9.26. The van der Waals surface area contributed by atoms with Crippen LogP contribution in [0.25, 0.3) is 0 Å². The van der Waals surface area contributed by atoms with Crippen molar-refractivity contribution in [2.75, 3.05) is 20.1 Å². The quantitative estimate of drug-likeness (QED) is 0.925. The number of nitrogens with one attached hydrogen (secondary N) is 1. The SMILES string of the molecule is CNCc1ccc(S(=O)(=O)N2CCC(C)(C)C2)c(F)c1. The molecule has 1 saturated heterocycles. The Kier molecular flexibility index (Phi) is 4.18. The Labute approximate surface area is 120 Å². The summed E-state index contributed by atoms with van der Waals surface area (Å²) in [5.74, 6) is -0.678. The zero-order chi connectivity index (χ0) is 15.0. The second-order valence-corrected chi connectivity index (χ2v) is 7.95. The van der Waals surface area contributed by atoms with Crippen molar-refractivity contribution in [2.24, 2.45) is 5.41 Å². The van der Waals surface area contributed by atoms with Crippen LogP contribution < -0.4 is 5.32 Å². The minimum atomic E-state index is -3.73. The molecule has 112 valence electrons. The van der Waals surface area contributed by atoms with Gasteiger partial charge < -0.3 is 5.32 Å². The molecule has 0 atom stereocenters. The Balaban J connectivity index is 2.31. The lowest BCUT2D eigenvalue weighted by atomic mass is 9.93. The molecule has 1 aromatic rings. The number of benzene rings is 1. The summed E-state index contributed by atoms with van der Waals surface area (Å²) in [6.07, 6.45) is 0.797. The molecule has 1 N–H and O–H groups in total. The van der Waals surface area contributed by atoms with E-state index in [0.717, 1.165) is 12.0 Å². The van der Waals surface area contributed by atoms with Gasteiger partial charge in [0, 0.05) is 19.6 Å². The lowest BCUT2D eigenvalue weighted by molar-refractivity contribution is 0.374. The molecule has 0 amide bonds. The Hall–Kier alpha value is -0.980. The smallest absolute Gasteiger partial charge is 0.246 e. The molecule has 0 spiro atoms. The van der Waals surface area contributed by atoms with Gasteiger partial charge in [-0.15, -0.1) is 0 Å². The molecule has 0 aliphatic carbocycles. The van der Waals surface area contributed by atoms with E-state index in [1.807, 2.05) is 13.8 Å². The lowest BCUT2D eigenvalue weighted by Crippen LogP contribution is -2.31. The maximum Gasteiger partial charge on any atom is 0.246 e. The van der Waals surface area contributed by atoms with E-state index in [-0.39, 0.29) is 10.3 Å². The Morgan fingerprint density at radius 1 is 1.40 bits per heavy atom. The van der Waals surface area contributed by atoms with Crippen molar-refractivity contribution in [2.45, 2.75) is 31.7 Å². The Bertz CT molecular complexity index is 599. The second kappa shape index (κ2) is 5.42. The van der Waals surface area contributed by atoms with Gasteiger partial charge in [0.15, 0.2) is 0 Å². The van der Waals surface area contributed by atoms with Gasteiger partial charge in [-0.25, -0.2) is 12.8 Å². The molecule has 1 heterocycles. The summed E-state index contributed by atoms with van der Waals surface area (Å²) < 4.78 is 40.4. The van der Waals surface area contributed by atoms with E-state index in [9.17, 15) is 12.8 Å². The van der Waals surface area contributed by atoms with E-state index in [4.69, 9.17) is 0 Å². The molecule has 1 aliphatic rings. The summed E-state index contributed by atoms with van der Waals surface area (Å²) in [5, 5.41) is 2.91. The van der Waals surface area contributed by atoms with Crippen molar-refractivity contribution in [3.63, 3.8) is 0 Å². The first-order valence-corrected chi connectivity index (χ1v) is 8.13. The highest BCUT2D eigenvalue weighted by molar-refractivity contribution is 7.89. The van der Waals surface area contributed by atoms with E-state index < -0.39 is 15.8 Å². The van der Waals surface area contributed by atoms with Crippen molar-refractivity contribution in [1.82, 2.24) is 9.62 Å². The number of rotatable bonds is 4. The largest absolute Gasteiger partial charge is 0.316 e. The maximum atomic E-state index is 14.1. The number of hydrogen-bond donors (Lipinski definition) is 1. The van der Waals surface area contributed by atoms with Crippen molar-refractivity contribution in [3.8, 4) is 0 Å². The number of halogens is 1. The average molecular weight is 300 g/mol. The predicted octanol–water partition coefficient (Wildman–Crippen LogP) is 1.97. The second-order valence-electron chi connectivity index (χ2n) is 6.05. The van der Waals surface area contributed by atoms with Crippen LogP contribution in [0.3, 0.4) is 0 Å². The predicted molar refractivity (Wildman–Crippen MR) is 76.3 cm³/mol. The molecule has 2 rings (SSSR count). The third-order valence-electron chi connectivity index (χ3n) is 3.64. The minimum absolute atomic E-state index is 0.0460. The van der Waals surface area contributed by atoms with Gasteiger partial charge in [-0.3, -0.25) is 0 Å². The fraction of sp³-hybridized carbons (Fsp3) is 0.571.